The van der Waals surface area contributed by atoms with Crippen LogP contribution in [0.1, 0.15) is 124 Å². The van der Waals surface area contributed by atoms with Gasteiger partial charge < -0.3 is 18.9 Å². The van der Waals surface area contributed by atoms with Gasteiger partial charge >= 0.3 is 18.1 Å². The lowest BCUT2D eigenvalue weighted by molar-refractivity contribution is 0.0487. The lowest BCUT2D eigenvalue weighted by atomic mass is 10.1. The average molecular weight is 555 g/mol. The van der Waals surface area contributed by atoms with Crippen LogP contribution in [0.3, 0.4) is 0 Å². The topological polar surface area (TPSA) is 88.1 Å². The molecule has 0 aliphatic heterocycles. The van der Waals surface area contributed by atoms with Crippen LogP contribution in [0, 0.1) is 0 Å². The van der Waals surface area contributed by atoms with Crippen molar-refractivity contribution in [3.63, 3.8) is 0 Å². The summed E-state index contributed by atoms with van der Waals surface area (Å²) in [6, 6.07) is 12.7. The third-order valence-corrected chi connectivity index (χ3v) is 6.56. The fraction of sp³-hybridized carbons (Fsp3) is 0.545. The molecule has 220 valence electrons. The minimum absolute atomic E-state index is 0.0241. The molecule has 0 heterocycles. The Hall–Kier alpha value is -3.35. The van der Waals surface area contributed by atoms with Gasteiger partial charge in [-0.25, -0.2) is 14.4 Å². The molecule has 0 atom stereocenters. The smallest absolute Gasteiger partial charge is 0.462 e. The van der Waals surface area contributed by atoms with Gasteiger partial charge in [-0.3, -0.25) is 0 Å². The molecule has 0 bridgehead atoms. The zero-order valence-electron chi connectivity index (χ0n) is 24.3. The van der Waals surface area contributed by atoms with Gasteiger partial charge in [0.1, 0.15) is 22.6 Å². The first-order chi connectivity index (χ1) is 19.6. The molecule has 0 amide bonds. The monoisotopic (exact) mass is 554 g/mol. The first-order valence-electron chi connectivity index (χ1n) is 15.0. The van der Waals surface area contributed by atoms with Crippen molar-refractivity contribution in [1.82, 2.24) is 0 Å². The van der Waals surface area contributed by atoms with Gasteiger partial charge in [0.25, 0.3) is 0 Å². The Kier molecular flexibility index (Phi) is 16.9. The van der Waals surface area contributed by atoms with Gasteiger partial charge in [-0.1, -0.05) is 115 Å². The number of benzene rings is 2. The highest BCUT2D eigenvalue weighted by Gasteiger charge is 2.20. The van der Waals surface area contributed by atoms with E-state index in [-0.39, 0.29) is 22.6 Å². The van der Waals surface area contributed by atoms with Crippen molar-refractivity contribution >= 4 is 18.1 Å². The third kappa shape index (κ3) is 13.1. The summed E-state index contributed by atoms with van der Waals surface area (Å²) in [5.74, 6) is -1.08. The van der Waals surface area contributed by atoms with Crippen molar-refractivity contribution in [2.75, 3.05) is 13.2 Å². The maximum absolute atomic E-state index is 12.6. The number of esters is 2. The number of ether oxygens (including phenoxy) is 4. The fourth-order valence-electron chi connectivity index (χ4n) is 4.25. The molecule has 0 N–H and O–H groups in total. The second-order valence-corrected chi connectivity index (χ2v) is 9.96. The van der Waals surface area contributed by atoms with Gasteiger partial charge in [-0.2, -0.15) is 0 Å². The predicted molar refractivity (Wildman–Crippen MR) is 156 cm³/mol. The maximum Gasteiger partial charge on any atom is 0.519 e. The van der Waals surface area contributed by atoms with Gasteiger partial charge in [0.2, 0.25) is 0 Å². The molecule has 40 heavy (non-hydrogen) atoms. The fourth-order valence-corrected chi connectivity index (χ4v) is 4.25. The van der Waals surface area contributed by atoms with E-state index >= 15 is 0 Å². The quantitative estimate of drug-likeness (QED) is 0.0916. The molecule has 0 radical (unpaired) electrons. The van der Waals surface area contributed by atoms with E-state index in [9.17, 15) is 14.4 Å². The maximum atomic E-state index is 12.6. The summed E-state index contributed by atoms with van der Waals surface area (Å²) in [4.78, 5) is 37.8. The first-order valence-corrected chi connectivity index (χ1v) is 15.0. The minimum Gasteiger partial charge on any atom is -0.462 e. The first kappa shape index (κ1) is 32.9. The Morgan fingerprint density at radius 2 is 0.850 bits per heavy atom. The predicted octanol–water partition coefficient (Wildman–Crippen LogP) is 9.08. The summed E-state index contributed by atoms with van der Waals surface area (Å²) in [5, 5.41) is 0. The highest BCUT2D eigenvalue weighted by molar-refractivity contribution is 5.94. The zero-order chi connectivity index (χ0) is 28.8. The molecule has 0 aliphatic rings. The molecule has 0 saturated heterocycles. The molecular weight excluding hydrogens is 508 g/mol. The Bertz CT molecular complexity index is 938. The van der Waals surface area contributed by atoms with Crippen LogP contribution < -0.4 is 9.47 Å². The van der Waals surface area contributed by atoms with Gasteiger partial charge in [0.15, 0.2) is 0 Å². The van der Waals surface area contributed by atoms with Crippen LogP contribution in [0.4, 0.5) is 4.79 Å². The number of carbonyl (C=O) groups is 3. The molecule has 2 aromatic carbocycles. The lowest BCUT2D eigenvalue weighted by Gasteiger charge is -2.12. The highest BCUT2D eigenvalue weighted by Crippen LogP contribution is 2.23. The van der Waals surface area contributed by atoms with Crippen LogP contribution in [0.25, 0.3) is 0 Å². The summed E-state index contributed by atoms with van der Waals surface area (Å²) < 4.78 is 21.4. The van der Waals surface area contributed by atoms with Crippen LogP contribution in [-0.4, -0.2) is 31.3 Å². The summed E-state index contributed by atoms with van der Waals surface area (Å²) in [5.41, 5.74) is 0.259. The van der Waals surface area contributed by atoms with E-state index in [1.54, 1.807) is 24.3 Å². The van der Waals surface area contributed by atoms with E-state index in [0.717, 1.165) is 38.5 Å². The number of hydrogen-bond acceptors (Lipinski definition) is 7. The van der Waals surface area contributed by atoms with Crippen molar-refractivity contribution in [3.8, 4) is 11.5 Å². The van der Waals surface area contributed by atoms with E-state index in [4.69, 9.17) is 18.9 Å². The molecule has 2 rings (SSSR count). The lowest BCUT2D eigenvalue weighted by Crippen LogP contribution is -2.18. The van der Waals surface area contributed by atoms with Crippen molar-refractivity contribution in [2.24, 2.45) is 0 Å². The van der Waals surface area contributed by atoms with Gasteiger partial charge in [0.05, 0.1) is 13.2 Å². The van der Waals surface area contributed by atoms with Crippen molar-refractivity contribution in [2.45, 2.75) is 104 Å². The Labute approximate surface area is 239 Å². The molecule has 0 aromatic heterocycles. The minimum atomic E-state index is -1.07. The Balaban J connectivity index is 1.82. The summed E-state index contributed by atoms with van der Waals surface area (Å²) in [7, 11) is 0. The SMILES string of the molecule is CCCCCCCCCOC(=O)c1ccccc1OC(=O)Oc1ccccc1C(=O)OCCCCCCCCC. The summed E-state index contributed by atoms with van der Waals surface area (Å²) in [6.45, 7) is 4.99. The van der Waals surface area contributed by atoms with Gasteiger partial charge in [0, 0.05) is 0 Å². The second kappa shape index (κ2) is 20.5. The van der Waals surface area contributed by atoms with E-state index in [1.165, 1.54) is 75.6 Å². The van der Waals surface area contributed by atoms with Crippen molar-refractivity contribution in [1.29, 1.82) is 0 Å². The summed E-state index contributed by atoms with van der Waals surface area (Å²) in [6.07, 6.45) is 14.6. The van der Waals surface area contributed by atoms with Gasteiger partial charge in [-0.15, -0.1) is 0 Å². The number of carbonyl (C=O) groups excluding carboxylic acids is 3. The zero-order valence-corrected chi connectivity index (χ0v) is 24.3. The second-order valence-electron chi connectivity index (χ2n) is 9.96. The Morgan fingerprint density at radius 3 is 1.25 bits per heavy atom. The van der Waals surface area contributed by atoms with Crippen LogP contribution in [0.5, 0.6) is 11.5 Å². The molecule has 7 nitrogen and oxygen atoms in total. The van der Waals surface area contributed by atoms with E-state index in [0.29, 0.717) is 13.2 Å². The van der Waals surface area contributed by atoms with E-state index in [2.05, 4.69) is 13.8 Å². The molecule has 0 saturated carbocycles. The van der Waals surface area contributed by atoms with Crippen LogP contribution in [-0.2, 0) is 9.47 Å². The highest BCUT2D eigenvalue weighted by atomic mass is 16.7. The molecule has 0 aliphatic carbocycles. The van der Waals surface area contributed by atoms with E-state index in [1.807, 2.05) is 0 Å². The van der Waals surface area contributed by atoms with E-state index < -0.39 is 18.1 Å². The van der Waals surface area contributed by atoms with Crippen molar-refractivity contribution < 1.29 is 33.3 Å². The van der Waals surface area contributed by atoms with Crippen LogP contribution in [0.2, 0.25) is 0 Å². The third-order valence-electron chi connectivity index (χ3n) is 6.56. The number of para-hydroxylation sites is 2. The standard InChI is InChI=1S/C33H46O7/c1-3-5-7-9-11-13-19-25-37-31(34)27-21-15-17-23-29(27)39-33(36)40-30-24-18-16-22-28(30)32(35)38-26-20-14-12-10-8-6-4-2/h15-18,21-24H,3-14,19-20,25-26H2,1-2H3. The van der Waals surface area contributed by atoms with Crippen LogP contribution >= 0.6 is 0 Å². The number of hydrogen-bond donors (Lipinski definition) is 0. The van der Waals surface area contributed by atoms with Crippen molar-refractivity contribution in [3.05, 3.63) is 59.7 Å². The Morgan fingerprint density at radius 1 is 0.500 bits per heavy atom. The molecule has 0 fully saturated rings. The largest absolute Gasteiger partial charge is 0.519 e. The normalized spacial score (nSPS) is 10.7. The number of unbranched alkanes of at least 4 members (excludes halogenated alkanes) is 12. The molecule has 0 spiro atoms. The average Bonchev–Trinajstić information content (AvgIpc) is 2.96. The molecular formula is C33H46O7. The molecule has 0 unspecified atom stereocenters. The number of rotatable bonds is 20. The van der Waals surface area contributed by atoms with Crippen LogP contribution in [0.15, 0.2) is 48.5 Å². The molecule has 2 aromatic rings. The molecule has 7 heteroatoms. The van der Waals surface area contributed by atoms with Gasteiger partial charge in [-0.05, 0) is 37.1 Å². The summed E-state index contributed by atoms with van der Waals surface area (Å²) >= 11 is 0.